The van der Waals surface area contributed by atoms with Crippen LogP contribution in [0.25, 0.3) is 16.8 Å². The van der Waals surface area contributed by atoms with Crippen molar-refractivity contribution in [2.24, 2.45) is 5.92 Å². The van der Waals surface area contributed by atoms with Gasteiger partial charge in [0.15, 0.2) is 0 Å². The molecule has 0 saturated carbocycles. The van der Waals surface area contributed by atoms with Gasteiger partial charge in [-0.2, -0.15) is 0 Å². The summed E-state index contributed by atoms with van der Waals surface area (Å²) in [7, 11) is 4.43. The number of hydrogen-bond donors (Lipinski definition) is 1. The second-order valence-electron chi connectivity index (χ2n) is 6.35. The standard InChI is InChI=1S/C20H26N2O5S2/c1-12(9-23)19-22-15(11-29-19)20-21-14(10-28-20)6-7-16(25-3)13(2)17(26-4)8-18(24)27-5/h6-8,10-13,16,23H,9H2,1-5H3/b7-6-,17-8+/t12-,13+,16-/m0/s1. The number of aliphatic hydroxyl groups excluding tert-OH is 1. The SMILES string of the molecule is COC(=O)/C=C(/OC)[C@H](C)[C@H](/C=C\c1csc(-c2csc([C@@H](C)CO)n2)n1)OC. The molecule has 0 saturated heterocycles. The van der Waals surface area contributed by atoms with Crippen LogP contribution in [0.1, 0.15) is 30.5 Å². The zero-order valence-electron chi connectivity index (χ0n) is 17.1. The zero-order valence-corrected chi connectivity index (χ0v) is 18.8. The molecule has 7 nitrogen and oxygen atoms in total. The van der Waals surface area contributed by atoms with Crippen LogP contribution in [0.15, 0.2) is 28.7 Å². The van der Waals surface area contributed by atoms with E-state index in [1.165, 1.54) is 43.0 Å². The van der Waals surface area contributed by atoms with Crippen LogP contribution in [0, 0.1) is 5.92 Å². The van der Waals surface area contributed by atoms with Gasteiger partial charge in [-0.3, -0.25) is 0 Å². The third-order valence-electron chi connectivity index (χ3n) is 4.33. The first-order chi connectivity index (χ1) is 13.9. The second-order valence-corrected chi connectivity index (χ2v) is 8.10. The zero-order chi connectivity index (χ0) is 21.4. The number of carbonyl (C=O) groups is 1. The van der Waals surface area contributed by atoms with Gasteiger partial charge in [0.25, 0.3) is 0 Å². The lowest BCUT2D eigenvalue weighted by Gasteiger charge is -2.21. The van der Waals surface area contributed by atoms with Crippen molar-refractivity contribution in [3.8, 4) is 10.7 Å². The minimum absolute atomic E-state index is 0.0186. The van der Waals surface area contributed by atoms with E-state index in [1.807, 2.05) is 36.8 Å². The van der Waals surface area contributed by atoms with Crippen molar-refractivity contribution in [1.29, 1.82) is 0 Å². The van der Waals surface area contributed by atoms with Crippen LogP contribution < -0.4 is 0 Å². The van der Waals surface area contributed by atoms with E-state index in [9.17, 15) is 9.90 Å². The minimum Gasteiger partial charge on any atom is -0.500 e. The van der Waals surface area contributed by atoms with Crippen molar-refractivity contribution in [2.45, 2.75) is 25.9 Å². The van der Waals surface area contributed by atoms with Crippen LogP contribution >= 0.6 is 22.7 Å². The number of esters is 1. The van der Waals surface area contributed by atoms with E-state index < -0.39 is 5.97 Å². The number of carbonyl (C=O) groups excluding carboxylic acids is 1. The summed E-state index contributed by atoms with van der Waals surface area (Å²) in [6, 6.07) is 0. The molecule has 2 aromatic rings. The number of hydrogen-bond acceptors (Lipinski definition) is 9. The summed E-state index contributed by atoms with van der Waals surface area (Å²) in [6.07, 6.45) is 4.76. The van der Waals surface area contributed by atoms with Crippen molar-refractivity contribution in [3.05, 3.63) is 39.4 Å². The highest BCUT2D eigenvalue weighted by atomic mass is 32.1. The maximum atomic E-state index is 11.5. The molecule has 0 amide bonds. The monoisotopic (exact) mass is 438 g/mol. The molecule has 0 aliphatic heterocycles. The Kier molecular flexibility index (Phi) is 8.97. The largest absolute Gasteiger partial charge is 0.500 e. The van der Waals surface area contributed by atoms with Gasteiger partial charge >= 0.3 is 5.97 Å². The van der Waals surface area contributed by atoms with Gasteiger partial charge in [0.05, 0.1) is 43.7 Å². The predicted octanol–water partition coefficient (Wildman–Crippen LogP) is 3.73. The topological polar surface area (TPSA) is 90.8 Å². The molecule has 0 fully saturated rings. The molecule has 2 rings (SSSR count). The number of nitrogens with zero attached hydrogens (tertiary/aromatic N) is 2. The first kappa shape index (κ1) is 23.2. The maximum absolute atomic E-state index is 11.5. The summed E-state index contributed by atoms with van der Waals surface area (Å²) < 4.78 is 15.5. The van der Waals surface area contributed by atoms with Gasteiger partial charge in [0.2, 0.25) is 0 Å². The van der Waals surface area contributed by atoms with E-state index in [2.05, 4.69) is 14.7 Å². The number of ether oxygens (including phenoxy) is 3. The highest BCUT2D eigenvalue weighted by Crippen LogP contribution is 2.29. The summed E-state index contributed by atoms with van der Waals surface area (Å²) in [5.74, 6) is -0.181. The highest BCUT2D eigenvalue weighted by Gasteiger charge is 2.21. The van der Waals surface area contributed by atoms with E-state index in [-0.39, 0.29) is 24.5 Å². The number of methoxy groups -OCH3 is 3. The third-order valence-corrected chi connectivity index (χ3v) is 6.29. The first-order valence-corrected chi connectivity index (χ1v) is 10.8. The van der Waals surface area contributed by atoms with Gasteiger partial charge in [0, 0.05) is 29.7 Å². The third kappa shape index (κ3) is 6.20. The lowest BCUT2D eigenvalue weighted by Crippen LogP contribution is -2.21. The minimum atomic E-state index is -0.477. The fraction of sp³-hybridized carbons (Fsp3) is 0.450. The molecule has 0 spiro atoms. The lowest BCUT2D eigenvalue weighted by atomic mass is 10.0. The summed E-state index contributed by atoms with van der Waals surface area (Å²) in [5, 5.41) is 14.9. The van der Waals surface area contributed by atoms with Crippen LogP contribution in [0.5, 0.6) is 0 Å². The molecule has 0 aromatic carbocycles. The number of thiazole rings is 2. The molecule has 1 N–H and O–H groups in total. The van der Waals surface area contributed by atoms with E-state index in [4.69, 9.17) is 9.47 Å². The smallest absolute Gasteiger partial charge is 0.333 e. The van der Waals surface area contributed by atoms with Crippen LogP contribution in [-0.4, -0.2) is 55.1 Å². The molecule has 158 valence electrons. The predicted molar refractivity (Wildman–Crippen MR) is 115 cm³/mol. The second kappa shape index (κ2) is 11.2. The van der Waals surface area contributed by atoms with Gasteiger partial charge in [-0.25, -0.2) is 14.8 Å². The van der Waals surface area contributed by atoms with Crippen LogP contribution in [-0.2, 0) is 19.0 Å². The number of aromatic nitrogens is 2. The average molecular weight is 439 g/mol. The lowest BCUT2D eigenvalue weighted by molar-refractivity contribution is -0.135. The quantitative estimate of drug-likeness (QED) is 0.343. The Morgan fingerprint density at radius 2 is 1.93 bits per heavy atom. The van der Waals surface area contributed by atoms with Crippen LogP contribution in [0.4, 0.5) is 0 Å². The van der Waals surface area contributed by atoms with Gasteiger partial charge in [-0.1, -0.05) is 19.9 Å². The molecular formula is C20H26N2O5S2. The molecule has 2 heterocycles. The van der Waals surface area contributed by atoms with E-state index in [0.29, 0.717) is 5.76 Å². The van der Waals surface area contributed by atoms with Crippen LogP contribution in [0.3, 0.4) is 0 Å². The molecular weight excluding hydrogens is 412 g/mol. The highest BCUT2D eigenvalue weighted by molar-refractivity contribution is 7.14. The molecule has 0 aliphatic carbocycles. The Bertz CT molecular complexity index is 859. The summed E-state index contributed by atoms with van der Waals surface area (Å²) in [5.41, 5.74) is 1.61. The Labute approximate surface area is 178 Å². The number of rotatable bonds is 10. The molecule has 2 aromatic heterocycles. The molecule has 0 aliphatic rings. The van der Waals surface area contributed by atoms with Gasteiger partial charge < -0.3 is 19.3 Å². The van der Waals surface area contributed by atoms with E-state index in [1.54, 1.807) is 7.11 Å². The average Bonchev–Trinajstić information content (AvgIpc) is 3.41. The van der Waals surface area contributed by atoms with Gasteiger partial charge in [-0.05, 0) is 6.08 Å². The molecule has 0 bridgehead atoms. The van der Waals surface area contributed by atoms with Crippen LogP contribution in [0.2, 0.25) is 0 Å². The van der Waals surface area contributed by atoms with Gasteiger partial charge in [-0.15, -0.1) is 22.7 Å². The molecule has 0 radical (unpaired) electrons. The fourth-order valence-electron chi connectivity index (χ4n) is 2.53. The van der Waals surface area contributed by atoms with E-state index in [0.717, 1.165) is 21.4 Å². The summed E-state index contributed by atoms with van der Waals surface area (Å²) in [4.78, 5) is 20.7. The Balaban J connectivity index is 2.13. The van der Waals surface area contributed by atoms with Crippen molar-refractivity contribution in [3.63, 3.8) is 0 Å². The molecule has 9 heteroatoms. The van der Waals surface area contributed by atoms with Crippen molar-refractivity contribution in [1.82, 2.24) is 9.97 Å². The van der Waals surface area contributed by atoms with Crippen molar-refractivity contribution < 1.29 is 24.1 Å². The molecule has 3 atom stereocenters. The fourth-order valence-corrected chi connectivity index (χ4v) is 4.20. The van der Waals surface area contributed by atoms with Crippen molar-refractivity contribution in [2.75, 3.05) is 27.9 Å². The summed E-state index contributed by atoms with van der Waals surface area (Å²) >= 11 is 3.03. The van der Waals surface area contributed by atoms with Gasteiger partial charge in [0.1, 0.15) is 16.5 Å². The molecule has 0 unspecified atom stereocenters. The summed E-state index contributed by atoms with van der Waals surface area (Å²) in [6.45, 7) is 3.92. The number of aliphatic hydroxyl groups is 1. The van der Waals surface area contributed by atoms with Crippen molar-refractivity contribution >= 4 is 34.7 Å². The Morgan fingerprint density at radius 3 is 2.55 bits per heavy atom. The normalized spacial score (nSPS) is 15.3. The molecule has 29 heavy (non-hydrogen) atoms. The maximum Gasteiger partial charge on any atom is 0.333 e. The Morgan fingerprint density at radius 1 is 1.17 bits per heavy atom. The van der Waals surface area contributed by atoms with E-state index >= 15 is 0 Å². The first-order valence-electron chi connectivity index (χ1n) is 9.00. The Hall–Kier alpha value is -2.07.